The van der Waals surface area contributed by atoms with Gasteiger partial charge in [-0.1, -0.05) is 53.5 Å². The van der Waals surface area contributed by atoms with Gasteiger partial charge in [0.25, 0.3) is 0 Å². The Morgan fingerprint density at radius 1 is 1.07 bits per heavy atom. The summed E-state index contributed by atoms with van der Waals surface area (Å²) in [6.45, 7) is 4.02. The molecule has 6 nitrogen and oxygen atoms in total. The number of amides is 2. The van der Waals surface area contributed by atoms with Crippen molar-refractivity contribution >= 4 is 35.2 Å². The predicted molar refractivity (Wildman–Crippen MR) is 116 cm³/mol. The SMILES string of the molecule is CCOC(=O)C1=C(COc2ccccc2Cl)N(CC)C(=O)NC1c1ccccc1Cl. The summed E-state index contributed by atoms with van der Waals surface area (Å²) in [4.78, 5) is 27.3. The minimum absolute atomic E-state index is 0.0416. The molecule has 30 heavy (non-hydrogen) atoms. The van der Waals surface area contributed by atoms with Crippen molar-refractivity contribution in [1.82, 2.24) is 10.2 Å². The van der Waals surface area contributed by atoms with Crippen molar-refractivity contribution in [2.75, 3.05) is 19.8 Å². The van der Waals surface area contributed by atoms with E-state index in [-0.39, 0.29) is 24.8 Å². The molecular weight excluding hydrogens is 427 g/mol. The highest BCUT2D eigenvalue weighted by Crippen LogP contribution is 2.35. The number of hydrogen-bond donors (Lipinski definition) is 1. The first-order chi connectivity index (χ1) is 14.5. The van der Waals surface area contributed by atoms with Crippen molar-refractivity contribution in [1.29, 1.82) is 0 Å². The molecule has 0 aliphatic carbocycles. The van der Waals surface area contributed by atoms with E-state index in [2.05, 4.69) is 5.32 Å². The fourth-order valence-corrected chi connectivity index (χ4v) is 3.73. The van der Waals surface area contributed by atoms with Crippen molar-refractivity contribution in [3.63, 3.8) is 0 Å². The van der Waals surface area contributed by atoms with Gasteiger partial charge in [-0.2, -0.15) is 0 Å². The Kier molecular flexibility index (Phi) is 7.24. The zero-order chi connectivity index (χ0) is 21.7. The Morgan fingerprint density at radius 2 is 1.73 bits per heavy atom. The maximum Gasteiger partial charge on any atom is 0.338 e. The molecule has 1 N–H and O–H groups in total. The molecule has 1 unspecified atom stereocenters. The van der Waals surface area contributed by atoms with Crippen LogP contribution in [0.1, 0.15) is 25.5 Å². The molecular formula is C22H22Cl2N2O4. The van der Waals surface area contributed by atoms with Crippen LogP contribution in [0.3, 0.4) is 0 Å². The van der Waals surface area contributed by atoms with Gasteiger partial charge in [-0.3, -0.25) is 4.90 Å². The van der Waals surface area contributed by atoms with E-state index >= 15 is 0 Å². The van der Waals surface area contributed by atoms with Crippen LogP contribution in [0.5, 0.6) is 5.75 Å². The number of carbonyl (C=O) groups is 2. The minimum Gasteiger partial charge on any atom is -0.486 e. The van der Waals surface area contributed by atoms with Crippen LogP contribution in [-0.2, 0) is 9.53 Å². The normalized spacial score (nSPS) is 16.3. The molecule has 1 heterocycles. The molecule has 8 heteroatoms. The molecule has 0 aromatic heterocycles. The van der Waals surface area contributed by atoms with Crippen LogP contribution >= 0.6 is 23.2 Å². The molecule has 2 aromatic carbocycles. The monoisotopic (exact) mass is 448 g/mol. The summed E-state index contributed by atoms with van der Waals surface area (Å²) in [6, 6.07) is 12.9. The lowest BCUT2D eigenvalue weighted by atomic mass is 9.94. The molecule has 0 bridgehead atoms. The average Bonchev–Trinajstić information content (AvgIpc) is 2.73. The fraction of sp³-hybridized carbons (Fsp3) is 0.273. The van der Waals surface area contributed by atoms with Gasteiger partial charge in [-0.25, -0.2) is 9.59 Å². The van der Waals surface area contributed by atoms with E-state index in [1.165, 1.54) is 4.90 Å². The third kappa shape index (κ3) is 4.55. The van der Waals surface area contributed by atoms with Gasteiger partial charge in [0.15, 0.2) is 0 Å². The van der Waals surface area contributed by atoms with Crippen LogP contribution in [0.15, 0.2) is 59.8 Å². The highest BCUT2D eigenvalue weighted by atomic mass is 35.5. The van der Waals surface area contributed by atoms with E-state index < -0.39 is 12.0 Å². The number of hydrogen-bond acceptors (Lipinski definition) is 4. The van der Waals surface area contributed by atoms with Crippen LogP contribution < -0.4 is 10.1 Å². The Morgan fingerprint density at radius 3 is 2.37 bits per heavy atom. The first-order valence-corrected chi connectivity index (χ1v) is 10.3. The number of para-hydroxylation sites is 1. The van der Waals surface area contributed by atoms with Crippen molar-refractivity contribution in [2.24, 2.45) is 0 Å². The van der Waals surface area contributed by atoms with Gasteiger partial charge >= 0.3 is 12.0 Å². The summed E-state index contributed by atoms with van der Waals surface area (Å²) in [5.41, 5.74) is 1.28. The van der Waals surface area contributed by atoms with E-state index in [0.29, 0.717) is 33.6 Å². The van der Waals surface area contributed by atoms with E-state index in [1.807, 2.05) is 6.92 Å². The summed E-state index contributed by atoms with van der Waals surface area (Å²) in [5, 5.41) is 3.73. The second-order valence-electron chi connectivity index (χ2n) is 6.45. The molecule has 3 rings (SSSR count). The highest BCUT2D eigenvalue weighted by Gasteiger charge is 2.38. The second-order valence-corrected chi connectivity index (χ2v) is 7.26. The maximum atomic E-state index is 13.0. The number of esters is 1. The number of benzene rings is 2. The zero-order valence-electron chi connectivity index (χ0n) is 16.7. The number of carbonyl (C=O) groups excluding carboxylic acids is 2. The van der Waals surface area contributed by atoms with E-state index in [9.17, 15) is 9.59 Å². The Bertz CT molecular complexity index is 977. The van der Waals surface area contributed by atoms with Crippen molar-refractivity contribution in [3.8, 4) is 5.75 Å². The molecule has 0 spiro atoms. The summed E-state index contributed by atoms with van der Waals surface area (Å²) in [7, 11) is 0. The quantitative estimate of drug-likeness (QED) is 0.606. The van der Waals surface area contributed by atoms with Crippen molar-refractivity contribution in [2.45, 2.75) is 19.9 Å². The fourth-order valence-electron chi connectivity index (χ4n) is 3.29. The third-order valence-corrected chi connectivity index (χ3v) is 5.32. The first-order valence-electron chi connectivity index (χ1n) is 9.57. The van der Waals surface area contributed by atoms with Crippen LogP contribution in [0.2, 0.25) is 10.0 Å². The number of nitrogens with one attached hydrogen (secondary N) is 1. The second kappa shape index (κ2) is 9.87. The molecule has 0 saturated carbocycles. The van der Waals surface area contributed by atoms with Crippen molar-refractivity contribution in [3.05, 3.63) is 75.4 Å². The van der Waals surface area contributed by atoms with Crippen LogP contribution in [-0.4, -0.2) is 36.7 Å². The van der Waals surface area contributed by atoms with Crippen molar-refractivity contribution < 1.29 is 19.1 Å². The topological polar surface area (TPSA) is 67.9 Å². The number of nitrogens with zero attached hydrogens (tertiary/aromatic N) is 1. The zero-order valence-corrected chi connectivity index (χ0v) is 18.2. The van der Waals surface area contributed by atoms with Gasteiger partial charge < -0.3 is 14.8 Å². The Balaban J connectivity index is 2.10. The van der Waals surface area contributed by atoms with Gasteiger partial charge in [0.1, 0.15) is 12.4 Å². The summed E-state index contributed by atoms with van der Waals surface area (Å²) < 4.78 is 11.2. The van der Waals surface area contributed by atoms with Crippen LogP contribution in [0.4, 0.5) is 4.79 Å². The third-order valence-electron chi connectivity index (χ3n) is 4.67. The summed E-state index contributed by atoms with van der Waals surface area (Å²) >= 11 is 12.6. The van der Waals surface area contributed by atoms with Crippen LogP contribution in [0.25, 0.3) is 0 Å². The van der Waals surface area contributed by atoms with E-state index in [4.69, 9.17) is 32.7 Å². The Labute approximate surface area is 185 Å². The largest absolute Gasteiger partial charge is 0.486 e. The molecule has 158 valence electrons. The molecule has 1 aliphatic heterocycles. The highest BCUT2D eigenvalue weighted by molar-refractivity contribution is 6.32. The summed E-state index contributed by atoms with van der Waals surface area (Å²) in [5.74, 6) is -0.0927. The molecule has 1 aliphatic rings. The van der Waals surface area contributed by atoms with Gasteiger partial charge in [-0.05, 0) is 37.6 Å². The lowest BCUT2D eigenvalue weighted by Gasteiger charge is -2.36. The smallest absolute Gasteiger partial charge is 0.338 e. The predicted octanol–water partition coefficient (Wildman–Crippen LogP) is 4.98. The lowest BCUT2D eigenvalue weighted by molar-refractivity contribution is -0.139. The standard InChI is InChI=1S/C22H22Cl2N2O4/c1-3-26-17(13-30-18-12-8-7-11-16(18)24)19(21(27)29-4-2)20(25-22(26)28)14-9-5-6-10-15(14)23/h5-12,20H,3-4,13H2,1-2H3,(H,25,28). The number of urea groups is 1. The van der Waals surface area contributed by atoms with Crippen LogP contribution in [0, 0.1) is 0 Å². The number of ether oxygens (including phenoxy) is 2. The van der Waals surface area contributed by atoms with Gasteiger partial charge in [-0.15, -0.1) is 0 Å². The Hall–Kier alpha value is -2.70. The molecule has 0 fully saturated rings. The van der Waals surface area contributed by atoms with Gasteiger partial charge in [0.05, 0.1) is 28.9 Å². The average molecular weight is 449 g/mol. The number of halogens is 2. The van der Waals surface area contributed by atoms with Gasteiger partial charge in [0, 0.05) is 11.6 Å². The molecule has 1 atom stereocenters. The van der Waals surface area contributed by atoms with E-state index in [1.54, 1.807) is 55.5 Å². The maximum absolute atomic E-state index is 13.0. The first kappa shape index (κ1) is 22.0. The van der Waals surface area contributed by atoms with E-state index in [0.717, 1.165) is 0 Å². The molecule has 2 amide bonds. The lowest BCUT2D eigenvalue weighted by Crippen LogP contribution is -2.49. The minimum atomic E-state index is -0.766. The molecule has 2 aromatic rings. The molecule has 0 radical (unpaired) electrons. The summed E-state index contributed by atoms with van der Waals surface area (Å²) in [6.07, 6.45) is 0. The number of rotatable bonds is 7. The molecule has 0 saturated heterocycles. The number of likely N-dealkylation sites (N-methyl/N-ethyl adjacent to an activating group) is 1. The van der Waals surface area contributed by atoms with Gasteiger partial charge in [0.2, 0.25) is 0 Å².